The van der Waals surface area contributed by atoms with E-state index in [1.54, 1.807) is 30.6 Å². The normalized spacial score (nSPS) is 11.6. The number of aromatic nitrogens is 2. The van der Waals surface area contributed by atoms with Crippen LogP contribution in [-0.2, 0) is 4.74 Å². The molecule has 2 aromatic heterocycles. The molecule has 0 aliphatic heterocycles. The first kappa shape index (κ1) is 19.5. The molecule has 0 saturated carbocycles. The molecule has 2 N–H and O–H groups in total. The molecule has 0 bridgehead atoms. The number of benzene rings is 2. The smallest absolute Gasteiger partial charge is 0.197 e. The molecule has 2 aromatic carbocycles. The van der Waals surface area contributed by atoms with E-state index in [1.807, 2.05) is 38.1 Å². The molecule has 0 aliphatic carbocycles. The summed E-state index contributed by atoms with van der Waals surface area (Å²) < 4.78 is 14.3. The van der Waals surface area contributed by atoms with Crippen LogP contribution in [0.1, 0.15) is 20.3 Å². The Hall–Kier alpha value is -2.77. The van der Waals surface area contributed by atoms with Gasteiger partial charge in [-0.25, -0.2) is 4.98 Å². The van der Waals surface area contributed by atoms with E-state index in [-0.39, 0.29) is 11.9 Å². The molecule has 6 nitrogen and oxygen atoms in total. The third-order valence-electron chi connectivity index (χ3n) is 4.66. The zero-order valence-corrected chi connectivity index (χ0v) is 17.6. The van der Waals surface area contributed by atoms with Crippen molar-refractivity contribution < 1.29 is 14.6 Å². The van der Waals surface area contributed by atoms with Crippen molar-refractivity contribution >= 4 is 32.3 Å². The van der Waals surface area contributed by atoms with E-state index >= 15 is 0 Å². The lowest BCUT2D eigenvalue weighted by Crippen LogP contribution is -2.10. The number of hydrogen-bond donors (Lipinski definition) is 2. The SMILES string of the molecule is COc1ccc2c(c1)sc1nc(-c3ccc(O)cc3)c(NCCCOC(C)C)n12. The van der Waals surface area contributed by atoms with E-state index in [2.05, 4.69) is 15.8 Å². The Morgan fingerprint density at radius 2 is 1.97 bits per heavy atom. The quantitative estimate of drug-likeness (QED) is 0.392. The van der Waals surface area contributed by atoms with Crippen molar-refractivity contribution in [2.45, 2.75) is 26.4 Å². The number of nitrogens with one attached hydrogen (secondary N) is 1. The second-order valence-corrected chi connectivity index (χ2v) is 8.12. The standard InChI is InChI=1S/C22H25N3O3S/c1-14(2)28-12-4-11-23-21-20(15-5-7-16(26)8-6-15)24-22-25(21)18-10-9-17(27-3)13-19(18)29-22/h5-10,13-14,23,26H,4,11-12H2,1-3H3. The number of ether oxygens (including phenoxy) is 2. The molecule has 0 unspecified atom stereocenters. The van der Waals surface area contributed by atoms with E-state index in [9.17, 15) is 5.11 Å². The molecule has 152 valence electrons. The summed E-state index contributed by atoms with van der Waals surface area (Å²) in [5, 5.41) is 13.2. The van der Waals surface area contributed by atoms with Crippen LogP contribution in [0.15, 0.2) is 42.5 Å². The van der Waals surface area contributed by atoms with Gasteiger partial charge in [0.25, 0.3) is 0 Å². The fourth-order valence-electron chi connectivity index (χ4n) is 3.26. The van der Waals surface area contributed by atoms with Crippen LogP contribution in [0.3, 0.4) is 0 Å². The maximum Gasteiger partial charge on any atom is 0.197 e. The second-order valence-electron chi connectivity index (χ2n) is 7.11. The number of anilines is 1. The summed E-state index contributed by atoms with van der Waals surface area (Å²) in [7, 11) is 1.68. The molecule has 0 fully saturated rings. The summed E-state index contributed by atoms with van der Waals surface area (Å²) in [6.45, 7) is 5.58. The van der Waals surface area contributed by atoms with E-state index in [1.165, 1.54) is 0 Å². The highest BCUT2D eigenvalue weighted by molar-refractivity contribution is 7.23. The van der Waals surface area contributed by atoms with E-state index in [4.69, 9.17) is 14.5 Å². The van der Waals surface area contributed by atoms with Gasteiger partial charge in [-0.15, -0.1) is 0 Å². The first-order valence-corrected chi connectivity index (χ1v) is 10.5. The van der Waals surface area contributed by atoms with Crippen molar-refractivity contribution in [3.05, 3.63) is 42.5 Å². The van der Waals surface area contributed by atoms with Crippen molar-refractivity contribution in [1.29, 1.82) is 0 Å². The Bertz CT molecular complexity index is 1120. The van der Waals surface area contributed by atoms with Crippen LogP contribution in [0.25, 0.3) is 26.4 Å². The number of nitrogens with zero attached hydrogens (tertiary/aromatic N) is 2. The molecule has 0 spiro atoms. The summed E-state index contributed by atoms with van der Waals surface area (Å²) in [4.78, 5) is 5.81. The summed E-state index contributed by atoms with van der Waals surface area (Å²) in [5.74, 6) is 2.03. The second kappa shape index (κ2) is 8.31. The number of phenols is 1. The average molecular weight is 412 g/mol. The van der Waals surface area contributed by atoms with E-state index in [0.29, 0.717) is 6.61 Å². The van der Waals surface area contributed by atoms with Crippen LogP contribution in [0.4, 0.5) is 5.82 Å². The molecule has 0 radical (unpaired) electrons. The van der Waals surface area contributed by atoms with Crippen LogP contribution >= 0.6 is 11.3 Å². The van der Waals surface area contributed by atoms with Crippen LogP contribution in [0, 0.1) is 0 Å². The fourth-order valence-corrected chi connectivity index (χ4v) is 4.31. The molecule has 7 heteroatoms. The number of thiazole rings is 1. The summed E-state index contributed by atoms with van der Waals surface area (Å²) in [6.07, 6.45) is 1.14. The summed E-state index contributed by atoms with van der Waals surface area (Å²) >= 11 is 1.63. The van der Waals surface area contributed by atoms with Gasteiger partial charge >= 0.3 is 0 Å². The van der Waals surface area contributed by atoms with Gasteiger partial charge in [-0.2, -0.15) is 0 Å². The lowest BCUT2D eigenvalue weighted by Gasteiger charge is -2.11. The topological polar surface area (TPSA) is 68.0 Å². The Labute approximate surface area is 173 Å². The van der Waals surface area contributed by atoms with Gasteiger partial charge in [0.1, 0.15) is 23.0 Å². The van der Waals surface area contributed by atoms with E-state index in [0.717, 1.165) is 51.0 Å². The maximum atomic E-state index is 9.64. The zero-order valence-electron chi connectivity index (χ0n) is 16.8. The maximum absolute atomic E-state index is 9.64. The number of phenolic OH excluding ortho intramolecular Hbond substituents is 1. The van der Waals surface area contributed by atoms with Crippen molar-refractivity contribution in [2.75, 3.05) is 25.6 Å². The van der Waals surface area contributed by atoms with Gasteiger partial charge in [0.05, 0.1) is 23.4 Å². The molecular weight excluding hydrogens is 386 g/mol. The average Bonchev–Trinajstić information content (AvgIpc) is 3.23. The number of fused-ring (bicyclic) bond motifs is 3. The first-order valence-electron chi connectivity index (χ1n) is 9.70. The highest BCUT2D eigenvalue weighted by Crippen LogP contribution is 2.37. The number of rotatable bonds is 8. The molecule has 0 saturated heterocycles. The summed E-state index contributed by atoms with van der Waals surface area (Å²) in [5.41, 5.74) is 2.92. The van der Waals surface area contributed by atoms with Gasteiger partial charge in [-0.05, 0) is 62.7 Å². The third-order valence-corrected chi connectivity index (χ3v) is 5.66. The molecule has 0 aliphatic rings. The lowest BCUT2D eigenvalue weighted by molar-refractivity contribution is 0.0787. The Morgan fingerprint density at radius 1 is 1.17 bits per heavy atom. The lowest BCUT2D eigenvalue weighted by atomic mass is 10.1. The van der Waals surface area contributed by atoms with Crippen LogP contribution < -0.4 is 10.1 Å². The number of imidazole rings is 1. The van der Waals surface area contributed by atoms with Gasteiger partial charge in [0.15, 0.2) is 4.96 Å². The monoisotopic (exact) mass is 411 g/mol. The Kier molecular flexibility index (Phi) is 5.60. The third kappa shape index (κ3) is 4.02. The van der Waals surface area contributed by atoms with Crippen molar-refractivity contribution in [3.8, 4) is 22.8 Å². The first-order chi connectivity index (χ1) is 14.1. The number of hydrogen-bond acceptors (Lipinski definition) is 6. The minimum Gasteiger partial charge on any atom is -0.508 e. The van der Waals surface area contributed by atoms with Crippen molar-refractivity contribution in [2.24, 2.45) is 0 Å². The van der Waals surface area contributed by atoms with Crippen LogP contribution in [0.5, 0.6) is 11.5 Å². The molecule has 29 heavy (non-hydrogen) atoms. The van der Waals surface area contributed by atoms with Crippen LogP contribution in [-0.4, -0.2) is 40.9 Å². The molecule has 0 atom stereocenters. The number of methoxy groups -OCH3 is 1. The molecule has 0 amide bonds. The number of aromatic hydroxyl groups is 1. The largest absolute Gasteiger partial charge is 0.508 e. The molecule has 4 aromatic rings. The van der Waals surface area contributed by atoms with Gasteiger partial charge < -0.3 is 19.9 Å². The predicted molar refractivity (Wildman–Crippen MR) is 118 cm³/mol. The predicted octanol–water partition coefficient (Wildman–Crippen LogP) is 5.16. The minimum atomic E-state index is 0.236. The zero-order chi connectivity index (χ0) is 20.4. The van der Waals surface area contributed by atoms with Crippen LogP contribution in [0.2, 0.25) is 0 Å². The van der Waals surface area contributed by atoms with Gasteiger partial charge in [-0.3, -0.25) is 4.40 Å². The molecule has 2 heterocycles. The van der Waals surface area contributed by atoms with Gasteiger partial charge in [-0.1, -0.05) is 11.3 Å². The highest BCUT2D eigenvalue weighted by atomic mass is 32.1. The Balaban J connectivity index is 1.74. The van der Waals surface area contributed by atoms with E-state index < -0.39 is 0 Å². The van der Waals surface area contributed by atoms with Gasteiger partial charge in [0, 0.05) is 18.7 Å². The minimum absolute atomic E-state index is 0.236. The molecule has 4 rings (SSSR count). The Morgan fingerprint density at radius 3 is 2.69 bits per heavy atom. The molecular formula is C22H25N3O3S. The van der Waals surface area contributed by atoms with Crippen molar-refractivity contribution in [1.82, 2.24) is 9.38 Å². The highest BCUT2D eigenvalue weighted by Gasteiger charge is 2.18. The van der Waals surface area contributed by atoms with Crippen molar-refractivity contribution in [3.63, 3.8) is 0 Å². The fraction of sp³-hybridized carbons (Fsp3) is 0.318. The van der Waals surface area contributed by atoms with Gasteiger partial charge in [0.2, 0.25) is 0 Å². The summed E-state index contributed by atoms with van der Waals surface area (Å²) in [6, 6.07) is 13.2.